The molecule has 4 fully saturated rings. The van der Waals surface area contributed by atoms with Crippen LogP contribution in [0.5, 0.6) is 0 Å². The van der Waals surface area contributed by atoms with Crippen molar-refractivity contribution in [3.63, 3.8) is 0 Å². The zero-order valence-corrected chi connectivity index (χ0v) is 17.1. The number of nitriles is 1. The van der Waals surface area contributed by atoms with Crippen molar-refractivity contribution in [1.29, 1.82) is 5.26 Å². The topological polar surface area (TPSA) is 102 Å². The fourth-order valence-electron chi connectivity index (χ4n) is 5.33. The third-order valence-corrected chi connectivity index (χ3v) is 7.30. The van der Waals surface area contributed by atoms with E-state index < -0.39 is 17.6 Å². The molecule has 2 aliphatic heterocycles. The highest BCUT2D eigenvalue weighted by Gasteiger charge is 2.50. The summed E-state index contributed by atoms with van der Waals surface area (Å²) in [4.78, 5) is 40.2. The van der Waals surface area contributed by atoms with Gasteiger partial charge in [-0.05, 0) is 63.8 Å². The first-order chi connectivity index (χ1) is 14.0. The Morgan fingerprint density at radius 2 is 2.03 bits per heavy atom. The van der Waals surface area contributed by atoms with Crippen LogP contribution in [-0.4, -0.2) is 53.2 Å². The van der Waals surface area contributed by atoms with E-state index in [0.717, 1.165) is 57.9 Å². The molecule has 0 unspecified atom stereocenters. The average Bonchev–Trinajstić information content (AvgIpc) is 3.40. The number of hydrogen-bond acceptors (Lipinski definition) is 5. The fourth-order valence-corrected chi connectivity index (χ4v) is 5.33. The van der Waals surface area contributed by atoms with Gasteiger partial charge in [-0.2, -0.15) is 5.26 Å². The van der Waals surface area contributed by atoms with Gasteiger partial charge in [0.15, 0.2) is 0 Å². The van der Waals surface area contributed by atoms with Gasteiger partial charge in [0.05, 0.1) is 11.6 Å². The number of rotatable bonds is 7. The number of carbonyl (C=O) groups excluding carboxylic acids is 3. The van der Waals surface area contributed by atoms with E-state index in [0.29, 0.717) is 31.7 Å². The molecule has 2 aliphatic carbocycles. The third-order valence-electron chi connectivity index (χ3n) is 7.30. The van der Waals surface area contributed by atoms with Gasteiger partial charge < -0.3 is 15.5 Å². The largest absolute Gasteiger partial charge is 0.339 e. The maximum atomic E-state index is 13.3. The number of piperidine rings is 1. The highest BCUT2D eigenvalue weighted by molar-refractivity contribution is 5.94. The molecule has 1 spiro atoms. The fraction of sp³-hybridized carbons (Fsp3) is 0.818. The Kier molecular flexibility index (Phi) is 5.91. The number of Topliss-reactive ketones (excluding diaryl/α,β-unsaturated/α-hetero) is 1. The van der Waals surface area contributed by atoms with Crippen molar-refractivity contribution in [2.45, 2.75) is 88.3 Å². The normalized spacial score (nSPS) is 31.7. The van der Waals surface area contributed by atoms with Crippen LogP contribution < -0.4 is 10.6 Å². The molecule has 0 radical (unpaired) electrons. The van der Waals surface area contributed by atoms with Crippen LogP contribution in [0.4, 0.5) is 0 Å². The van der Waals surface area contributed by atoms with Gasteiger partial charge in [-0.15, -0.1) is 0 Å². The highest BCUT2D eigenvalue weighted by Crippen LogP contribution is 2.38. The summed E-state index contributed by atoms with van der Waals surface area (Å²) >= 11 is 0. The van der Waals surface area contributed by atoms with Crippen molar-refractivity contribution in [2.75, 3.05) is 13.1 Å². The molecular formula is C22H32N4O3. The highest BCUT2D eigenvalue weighted by atomic mass is 16.2. The molecule has 29 heavy (non-hydrogen) atoms. The van der Waals surface area contributed by atoms with Crippen LogP contribution >= 0.6 is 0 Å². The maximum absolute atomic E-state index is 13.3. The third kappa shape index (κ3) is 4.32. The first-order valence-electron chi connectivity index (χ1n) is 11.3. The molecule has 4 aliphatic rings. The zero-order chi connectivity index (χ0) is 20.4. The second-order valence-electron chi connectivity index (χ2n) is 9.39. The molecule has 158 valence electrons. The maximum Gasteiger partial charge on any atom is 0.243 e. The quantitative estimate of drug-likeness (QED) is 0.677. The number of likely N-dealkylation sites (tertiary alicyclic amines) is 1. The van der Waals surface area contributed by atoms with Gasteiger partial charge in [-0.3, -0.25) is 14.4 Å². The van der Waals surface area contributed by atoms with E-state index in [1.165, 1.54) is 0 Å². The minimum atomic E-state index is -0.671. The lowest BCUT2D eigenvalue weighted by molar-refractivity contribution is -0.142. The van der Waals surface area contributed by atoms with Gasteiger partial charge in [-0.1, -0.05) is 12.8 Å². The molecule has 2 saturated carbocycles. The lowest BCUT2D eigenvalue weighted by Crippen LogP contribution is -2.57. The van der Waals surface area contributed by atoms with Crippen LogP contribution in [0.2, 0.25) is 0 Å². The van der Waals surface area contributed by atoms with E-state index >= 15 is 0 Å². The van der Waals surface area contributed by atoms with Gasteiger partial charge >= 0.3 is 0 Å². The first-order valence-corrected chi connectivity index (χ1v) is 11.3. The number of nitrogens with zero attached hydrogens (tertiary/aromatic N) is 2. The molecule has 0 bridgehead atoms. The summed E-state index contributed by atoms with van der Waals surface area (Å²) in [7, 11) is 0. The van der Waals surface area contributed by atoms with Crippen molar-refractivity contribution in [2.24, 2.45) is 11.8 Å². The van der Waals surface area contributed by atoms with Crippen LogP contribution in [0.3, 0.4) is 0 Å². The van der Waals surface area contributed by atoms with Gasteiger partial charge in [0.1, 0.15) is 17.9 Å². The standard InChI is InChI=1S/C22H32N4O3/c23-14-17(13-16-4-3-5-19(16)27)25-20(28)18(12-15-6-7-15)26-11-9-22(21(26)29)8-1-2-10-24-22/h15-18,24H,1-13H2,(H,25,28)/t16-,17-,18-,22+/m0/s1. The summed E-state index contributed by atoms with van der Waals surface area (Å²) in [5.41, 5.74) is -0.495. The second-order valence-corrected chi connectivity index (χ2v) is 9.39. The van der Waals surface area contributed by atoms with Crippen LogP contribution in [-0.2, 0) is 14.4 Å². The molecule has 2 amide bonds. The molecule has 0 aromatic rings. The van der Waals surface area contributed by atoms with E-state index in [4.69, 9.17) is 0 Å². The van der Waals surface area contributed by atoms with Crippen molar-refractivity contribution in [1.82, 2.24) is 15.5 Å². The molecule has 7 heteroatoms. The Labute approximate surface area is 172 Å². The number of hydrogen-bond donors (Lipinski definition) is 2. The van der Waals surface area contributed by atoms with Crippen LogP contribution in [0.1, 0.15) is 70.6 Å². The van der Waals surface area contributed by atoms with Gasteiger partial charge in [0.2, 0.25) is 11.8 Å². The average molecular weight is 401 g/mol. The minimum absolute atomic E-state index is 0.0532. The van der Waals surface area contributed by atoms with Crippen LogP contribution in [0, 0.1) is 23.2 Å². The monoisotopic (exact) mass is 400 g/mol. The number of amides is 2. The summed E-state index contributed by atoms with van der Waals surface area (Å²) in [5, 5.41) is 15.8. The molecule has 0 aromatic carbocycles. The Balaban J connectivity index is 1.43. The number of carbonyl (C=O) groups is 3. The summed E-state index contributed by atoms with van der Waals surface area (Å²) < 4.78 is 0. The molecule has 2 heterocycles. The lowest BCUT2D eigenvalue weighted by Gasteiger charge is -2.35. The number of ketones is 1. The predicted molar refractivity (Wildman–Crippen MR) is 107 cm³/mol. The summed E-state index contributed by atoms with van der Waals surface area (Å²) in [6.45, 7) is 1.44. The molecular weight excluding hydrogens is 368 g/mol. The van der Waals surface area contributed by atoms with Crippen LogP contribution in [0.15, 0.2) is 0 Å². The smallest absolute Gasteiger partial charge is 0.243 e. The molecule has 4 rings (SSSR count). The zero-order valence-electron chi connectivity index (χ0n) is 17.1. The Bertz CT molecular complexity index is 705. The SMILES string of the molecule is N#C[C@H](C[C@@H]1CCCC1=O)NC(=O)[C@H](CC1CC1)N1CC[C@]2(CCCCN2)C1=O. The van der Waals surface area contributed by atoms with Crippen molar-refractivity contribution in [3.8, 4) is 6.07 Å². The Morgan fingerprint density at radius 3 is 2.66 bits per heavy atom. The Morgan fingerprint density at radius 1 is 1.21 bits per heavy atom. The van der Waals surface area contributed by atoms with E-state index in [-0.39, 0.29) is 23.5 Å². The van der Waals surface area contributed by atoms with Gasteiger partial charge in [-0.25, -0.2) is 0 Å². The minimum Gasteiger partial charge on any atom is -0.339 e. The molecule has 2 N–H and O–H groups in total. The predicted octanol–water partition coefficient (Wildman–Crippen LogP) is 1.67. The van der Waals surface area contributed by atoms with Crippen molar-refractivity contribution < 1.29 is 14.4 Å². The first kappa shape index (κ1) is 20.3. The van der Waals surface area contributed by atoms with Gasteiger partial charge in [0.25, 0.3) is 0 Å². The van der Waals surface area contributed by atoms with E-state index in [9.17, 15) is 19.6 Å². The van der Waals surface area contributed by atoms with Crippen LogP contribution in [0.25, 0.3) is 0 Å². The summed E-state index contributed by atoms with van der Waals surface area (Å²) in [6.07, 6.45) is 9.24. The van der Waals surface area contributed by atoms with E-state index in [1.807, 2.05) is 0 Å². The molecule has 0 aromatic heterocycles. The van der Waals surface area contributed by atoms with Crippen molar-refractivity contribution >= 4 is 17.6 Å². The summed E-state index contributed by atoms with van der Waals surface area (Å²) in [5.74, 6) is 0.401. The summed E-state index contributed by atoms with van der Waals surface area (Å²) in [6, 6.07) is 0.986. The molecule has 7 nitrogen and oxygen atoms in total. The van der Waals surface area contributed by atoms with E-state index in [2.05, 4.69) is 16.7 Å². The van der Waals surface area contributed by atoms with Gasteiger partial charge in [0, 0.05) is 18.9 Å². The van der Waals surface area contributed by atoms with Crippen molar-refractivity contribution in [3.05, 3.63) is 0 Å². The molecule has 2 saturated heterocycles. The Hall–Kier alpha value is -1.94. The second kappa shape index (κ2) is 8.43. The molecule has 4 atom stereocenters. The number of nitrogens with one attached hydrogen (secondary N) is 2. The van der Waals surface area contributed by atoms with E-state index in [1.54, 1.807) is 4.90 Å². The lowest BCUT2D eigenvalue weighted by atomic mass is 9.87.